The molecule has 21 heavy (non-hydrogen) atoms. The zero-order chi connectivity index (χ0) is 14.7. The molecule has 3 nitrogen and oxygen atoms in total. The van der Waals surface area contributed by atoms with Gasteiger partial charge >= 0.3 is 0 Å². The van der Waals surface area contributed by atoms with Crippen LogP contribution in [0.2, 0.25) is 0 Å². The third-order valence-electron chi connectivity index (χ3n) is 5.92. The van der Waals surface area contributed by atoms with Crippen molar-refractivity contribution in [2.24, 2.45) is 5.41 Å². The van der Waals surface area contributed by atoms with Crippen molar-refractivity contribution in [2.45, 2.75) is 64.0 Å². The van der Waals surface area contributed by atoms with E-state index in [0.717, 1.165) is 18.6 Å². The first-order valence-electron chi connectivity index (χ1n) is 8.64. The lowest BCUT2D eigenvalue weighted by atomic mass is 9.74. The van der Waals surface area contributed by atoms with Gasteiger partial charge in [-0.2, -0.15) is 0 Å². The molecule has 2 N–H and O–H groups in total. The van der Waals surface area contributed by atoms with Crippen LogP contribution in [0, 0.1) is 5.41 Å². The zero-order valence-corrected chi connectivity index (χ0v) is 13.6. The molecule has 2 fully saturated rings. The van der Waals surface area contributed by atoms with Crippen molar-refractivity contribution >= 4 is 0 Å². The normalized spacial score (nSPS) is 29.9. The molecular formula is C18H30N2O. The molecule has 1 saturated carbocycles. The fourth-order valence-corrected chi connectivity index (χ4v) is 4.50. The number of hydrogen-bond donors (Lipinski definition) is 2. The summed E-state index contributed by atoms with van der Waals surface area (Å²) in [5.74, 6) is 1.11. The van der Waals surface area contributed by atoms with Crippen LogP contribution in [-0.4, -0.2) is 32.3 Å². The van der Waals surface area contributed by atoms with Crippen LogP contribution in [-0.2, 0) is 4.74 Å². The molecule has 1 heterocycles. The average molecular weight is 290 g/mol. The molecule has 0 bridgehead atoms. The number of allylic oxidation sites excluding steroid dienone is 3. The minimum absolute atomic E-state index is 0.495. The van der Waals surface area contributed by atoms with Crippen molar-refractivity contribution in [3.8, 4) is 0 Å². The van der Waals surface area contributed by atoms with Crippen molar-refractivity contribution in [3.63, 3.8) is 0 Å². The van der Waals surface area contributed by atoms with Crippen LogP contribution in [0.25, 0.3) is 0 Å². The number of ether oxygens (including phenoxy) is 1. The van der Waals surface area contributed by atoms with Crippen molar-refractivity contribution in [3.05, 3.63) is 23.5 Å². The number of piperidine rings is 1. The zero-order valence-electron chi connectivity index (χ0n) is 13.6. The summed E-state index contributed by atoms with van der Waals surface area (Å²) in [6.45, 7) is 4.74. The third kappa shape index (κ3) is 3.19. The Balaban J connectivity index is 1.63. The predicted molar refractivity (Wildman–Crippen MR) is 87.2 cm³/mol. The molecule has 0 aromatic heterocycles. The van der Waals surface area contributed by atoms with Gasteiger partial charge in [0.2, 0.25) is 0 Å². The van der Waals surface area contributed by atoms with Crippen LogP contribution in [0.5, 0.6) is 0 Å². The van der Waals surface area contributed by atoms with Gasteiger partial charge in [-0.25, -0.2) is 0 Å². The smallest absolute Gasteiger partial charge is 0.0958 e. The van der Waals surface area contributed by atoms with Crippen LogP contribution in [0.3, 0.4) is 0 Å². The molecule has 3 aliphatic rings. The molecular weight excluding hydrogens is 260 g/mol. The average Bonchev–Trinajstić information content (AvgIpc) is 2.90. The summed E-state index contributed by atoms with van der Waals surface area (Å²) in [6, 6.07) is 1.21. The van der Waals surface area contributed by atoms with Gasteiger partial charge in [0, 0.05) is 18.5 Å². The summed E-state index contributed by atoms with van der Waals surface area (Å²) in [7, 11) is 1.77. The second-order valence-electron chi connectivity index (χ2n) is 7.02. The van der Waals surface area contributed by atoms with E-state index < -0.39 is 0 Å². The lowest BCUT2D eigenvalue weighted by molar-refractivity contribution is 0.155. The highest BCUT2D eigenvalue weighted by molar-refractivity contribution is 5.24. The SMILES string of the molecule is COC1=CC=C(C(C)NC2CCCC23CCNCC3)CC1. The number of hydrogen-bond acceptors (Lipinski definition) is 3. The van der Waals surface area contributed by atoms with E-state index in [1.54, 1.807) is 7.11 Å². The van der Waals surface area contributed by atoms with Crippen molar-refractivity contribution in [1.29, 1.82) is 0 Å². The van der Waals surface area contributed by atoms with Gasteiger partial charge in [-0.05, 0) is 63.6 Å². The summed E-state index contributed by atoms with van der Waals surface area (Å²) >= 11 is 0. The predicted octanol–water partition coefficient (Wildman–Crippen LogP) is 3.14. The Morgan fingerprint density at radius 3 is 2.71 bits per heavy atom. The summed E-state index contributed by atoms with van der Waals surface area (Å²) in [5, 5.41) is 7.50. The maximum atomic E-state index is 5.33. The molecule has 2 atom stereocenters. The van der Waals surface area contributed by atoms with E-state index in [1.807, 2.05) is 0 Å². The minimum atomic E-state index is 0.495. The van der Waals surface area contributed by atoms with Crippen LogP contribution in [0.4, 0.5) is 0 Å². The van der Waals surface area contributed by atoms with E-state index in [1.165, 1.54) is 50.8 Å². The van der Waals surface area contributed by atoms with Crippen LogP contribution in [0.15, 0.2) is 23.5 Å². The molecule has 2 aliphatic carbocycles. The van der Waals surface area contributed by atoms with Gasteiger partial charge in [-0.15, -0.1) is 0 Å². The van der Waals surface area contributed by atoms with E-state index >= 15 is 0 Å². The lowest BCUT2D eigenvalue weighted by Gasteiger charge is -2.41. The summed E-state index contributed by atoms with van der Waals surface area (Å²) < 4.78 is 5.33. The highest BCUT2D eigenvalue weighted by Crippen LogP contribution is 2.45. The fourth-order valence-electron chi connectivity index (χ4n) is 4.50. The van der Waals surface area contributed by atoms with Crippen molar-refractivity contribution < 1.29 is 4.74 Å². The molecule has 0 aromatic carbocycles. The molecule has 3 heteroatoms. The van der Waals surface area contributed by atoms with E-state index in [0.29, 0.717) is 17.5 Å². The quantitative estimate of drug-likeness (QED) is 0.834. The van der Waals surface area contributed by atoms with E-state index in [2.05, 4.69) is 29.7 Å². The van der Waals surface area contributed by atoms with Crippen LogP contribution in [0.1, 0.15) is 51.9 Å². The first-order valence-corrected chi connectivity index (χ1v) is 8.64. The van der Waals surface area contributed by atoms with E-state index in [9.17, 15) is 0 Å². The van der Waals surface area contributed by atoms with Gasteiger partial charge in [0.15, 0.2) is 0 Å². The highest BCUT2D eigenvalue weighted by Gasteiger charge is 2.43. The van der Waals surface area contributed by atoms with E-state index in [4.69, 9.17) is 4.74 Å². The number of methoxy groups -OCH3 is 1. The Hall–Kier alpha value is -0.800. The second-order valence-corrected chi connectivity index (χ2v) is 7.02. The van der Waals surface area contributed by atoms with Crippen LogP contribution < -0.4 is 10.6 Å². The second kappa shape index (κ2) is 6.53. The van der Waals surface area contributed by atoms with Gasteiger partial charge in [-0.3, -0.25) is 0 Å². The summed E-state index contributed by atoms with van der Waals surface area (Å²) in [4.78, 5) is 0. The molecule has 1 spiro atoms. The fraction of sp³-hybridized carbons (Fsp3) is 0.778. The minimum Gasteiger partial charge on any atom is -0.501 e. The lowest BCUT2D eigenvalue weighted by Crippen LogP contribution is -2.50. The molecule has 3 rings (SSSR count). The standard InChI is InChI=1S/C18H30N2O/c1-14(15-5-7-16(21-2)8-6-15)20-17-4-3-9-18(17)10-12-19-13-11-18/h5,7,14,17,19-20H,3-4,6,8-13H2,1-2H3. The Kier molecular flexibility index (Phi) is 4.70. The van der Waals surface area contributed by atoms with Gasteiger partial charge < -0.3 is 15.4 Å². The molecule has 118 valence electrons. The summed E-state index contributed by atoms with van der Waals surface area (Å²) in [6.07, 6.45) is 13.5. The maximum Gasteiger partial charge on any atom is 0.0958 e. The van der Waals surface area contributed by atoms with Crippen LogP contribution >= 0.6 is 0 Å². The highest BCUT2D eigenvalue weighted by atomic mass is 16.5. The third-order valence-corrected chi connectivity index (χ3v) is 5.92. The molecule has 0 amide bonds. The number of nitrogens with one attached hydrogen (secondary N) is 2. The Morgan fingerprint density at radius 1 is 1.24 bits per heavy atom. The first kappa shape index (κ1) is 15.1. The van der Waals surface area contributed by atoms with Gasteiger partial charge in [0.25, 0.3) is 0 Å². The van der Waals surface area contributed by atoms with Gasteiger partial charge in [0.05, 0.1) is 12.9 Å². The maximum absolute atomic E-state index is 5.33. The monoisotopic (exact) mass is 290 g/mol. The van der Waals surface area contributed by atoms with Crippen molar-refractivity contribution in [1.82, 2.24) is 10.6 Å². The topological polar surface area (TPSA) is 33.3 Å². The first-order chi connectivity index (χ1) is 10.2. The van der Waals surface area contributed by atoms with Gasteiger partial charge in [0.1, 0.15) is 0 Å². The molecule has 1 aliphatic heterocycles. The Bertz CT molecular complexity index is 421. The van der Waals surface area contributed by atoms with Crippen molar-refractivity contribution in [2.75, 3.05) is 20.2 Å². The Morgan fingerprint density at radius 2 is 2.05 bits per heavy atom. The largest absolute Gasteiger partial charge is 0.501 e. The molecule has 0 radical (unpaired) electrons. The Labute approximate surface area is 129 Å². The molecule has 1 saturated heterocycles. The van der Waals surface area contributed by atoms with E-state index in [-0.39, 0.29) is 0 Å². The van der Waals surface area contributed by atoms with Gasteiger partial charge in [-0.1, -0.05) is 18.1 Å². The number of rotatable bonds is 4. The molecule has 0 aromatic rings. The molecule has 2 unspecified atom stereocenters. The summed E-state index contributed by atoms with van der Waals surface area (Å²) in [5.41, 5.74) is 2.11.